The highest BCUT2D eigenvalue weighted by Crippen LogP contribution is 2.03. The van der Waals surface area contributed by atoms with Crippen molar-refractivity contribution in [2.75, 3.05) is 6.67 Å². The molecule has 1 amide bonds. The molecule has 0 radical (unpaired) electrons. The van der Waals surface area contributed by atoms with Gasteiger partial charge >= 0.3 is 0 Å². The first-order chi connectivity index (χ1) is 7.76. The van der Waals surface area contributed by atoms with Gasteiger partial charge in [0.1, 0.15) is 6.67 Å². The Morgan fingerprint density at radius 3 is 2.62 bits per heavy atom. The van der Waals surface area contributed by atoms with Gasteiger partial charge in [-0.15, -0.1) is 4.91 Å². The number of hydrogen-bond acceptors (Lipinski definition) is 3. The molecule has 0 aromatic heterocycles. The number of hydrogen-bond donors (Lipinski definition) is 1. The standard InChI is InChI=1S/C11H15N3O2/c1-2-11(15)12-9-14(13-16)8-10-6-4-3-5-7-10/h3-7H,2,8-9H2,1H3,(H,12,15). The Morgan fingerprint density at radius 2 is 2.06 bits per heavy atom. The van der Waals surface area contributed by atoms with Crippen molar-refractivity contribution in [1.82, 2.24) is 10.3 Å². The van der Waals surface area contributed by atoms with Gasteiger partial charge in [-0.3, -0.25) is 4.79 Å². The van der Waals surface area contributed by atoms with E-state index >= 15 is 0 Å². The molecular formula is C11H15N3O2. The average molecular weight is 221 g/mol. The molecule has 0 heterocycles. The van der Waals surface area contributed by atoms with Crippen molar-refractivity contribution in [1.29, 1.82) is 0 Å². The Bertz CT molecular complexity index is 340. The zero-order valence-corrected chi connectivity index (χ0v) is 9.22. The van der Waals surface area contributed by atoms with E-state index in [2.05, 4.69) is 10.6 Å². The van der Waals surface area contributed by atoms with Crippen molar-refractivity contribution in [3.63, 3.8) is 0 Å². The van der Waals surface area contributed by atoms with Crippen molar-refractivity contribution >= 4 is 5.91 Å². The summed E-state index contributed by atoms with van der Waals surface area (Å²) in [6.07, 6.45) is 0.401. The third-order valence-electron chi connectivity index (χ3n) is 2.10. The minimum atomic E-state index is -0.0956. The fourth-order valence-electron chi connectivity index (χ4n) is 1.21. The van der Waals surface area contributed by atoms with Crippen LogP contribution in [0.25, 0.3) is 0 Å². The van der Waals surface area contributed by atoms with E-state index in [1.54, 1.807) is 6.92 Å². The number of rotatable bonds is 6. The molecule has 5 heteroatoms. The maximum atomic E-state index is 11.0. The van der Waals surface area contributed by atoms with Crippen LogP contribution in [0.2, 0.25) is 0 Å². The van der Waals surface area contributed by atoms with Crippen LogP contribution < -0.4 is 5.32 Å². The highest BCUT2D eigenvalue weighted by Gasteiger charge is 2.05. The summed E-state index contributed by atoms with van der Waals surface area (Å²) in [5, 5.41) is 6.72. The monoisotopic (exact) mass is 221 g/mol. The summed E-state index contributed by atoms with van der Waals surface area (Å²) in [7, 11) is 0. The molecule has 0 aliphatic carbocycles. The minimum absolute atomic E-state index is 0.0956. The molecule has 0 saturated heterocycles. The lowest BCUT2D eigenvalue weighted by atomic mass is 10.2. The normalized spacial score (nSPS) is 9.56. The summed E-state index contributed by atoms with van der Waals surface area (Å²) in [4.78, 5) is 21.5. The first-order valence-corrected chi connectivity index (χ1v) is 5.15. The Labute approximate surface area is 94.4 Å². The van der Waals surface area contributed by atoms with E-state index in [0.717, 1.165) is 5.56 Å². The second-order valence-corrected chi connectivity index (χ2v) is 3.34. The van der Waals surface area contributed by atoms with Crippen molar-refractivity contribution < 1.29 is 4.79 Å². The Morgan fingerprint density at radius 1 is 1.38 bits per heavy atom. The van der Waals surface area contributed by atoms with Gasteiger partial charge in [-0.2, -0.15) is 0 Å². The van der Waals surface area contributed by atoms with Gasteiger partial charge in [0.25, 0.3) is 0 Å². The van der Waals surface area contributed by atoms with Crippen molar-refractivity contribution in [3.05, 3.63) is 40.8 Å². The molecule has 1 aromatic rings. The number of nitrogens with zero attached hydrogens (tertiary/aromatic N) is 2. The molecular weight excluding hydrogens is 206 g/mol. The van der Waals surface area contributed by atoms with Crippen LogP contribution >= 0.6 is 0 Å². The van der Waals surface area contributed by atoms with Crippen LogP contribution in [0.1, 0.15) is 18.9 Å². The molecule has 0 aliphatic heterocycles. The predicted molar refractivity (Wildman–Crippen MR) is 61.1 cm³/mol. The molecule has 0 aliphatic rings. The van der Waals surface area contributed by atoms with E-state index in [1.807, 2.05) is 30.3 Å². The lowest BCUT2D eigenvalue weighted by Gasteiger charge is -2.15. The predicted octanol–water partition coefficient (Wildman–Crippen LogP) is 1.65. The zero-order valence-electron chi connectivity index (χ0n) is 9.22. The van der Waals surface area contributed by atoms with Gasteiger partial charge in [0.05, 0.1) is 11.8 Å². The molecule has 1 rings (SSSR count). The summed E-state index contributed by atoms with van der Waals surface area (Å²) in [6.45, 7) is 2.30. The smallest absolute Gasteiger partial charge is 0.221 e. The summed E-state index contributed by atoms with van der Waals surface area (Å²) >= 11 is 0. The topological polar surface area (TPSA) is 61.8 Å². The highest BCUT2D eigenvalue weighted by atomic mass is 16.3. The number of nitrogens with one attached hydrogen (secondary N) is 1. The molecule has 86 valence electrons. The van der Waals surface area contributed by atoms with Crippen LogP contribution in [0.4, 0.5) is 0 Å². The van der Waals surface area contributed by atoms with E-state index in [-0.39, 0.29) is 12.6 Å². The van der Waals surface area contributed by atoms with E-state index in [9.17, 15) is 9.70 Å². The largest absolute Gasteiger partial charge is 0.337 e. The average Bonchev–Trinajstić information content (AvgIpc) is 2.35. The van der Waals surface area contributed by atoms with Crippen LogP contribution in [-0.2, 0) is 11.3 Å². The number of amides is 1. The second kappa shape index (κ2) is 6.55. The zero-order chi connectivity index (χ0) is 11.8. The van der Waals surface area contributed by atoms with Crippen LogP contribution in [-0.4, -0.2) is 17.6 Å². The highest BCUT2D eigenvalue weighted by molar-refractivity contribution is 5.75. The van der Waals surface area contributed by atoms with Crippen LogP contribution in [0.3, 0.4) is 0 Å². The molecule has 0 unspecified atom stereocenters. The van der Waals surface area contributed by atoms with Crippen LogP contribution in [0.15, 0.2) is 35.6 Å². The third kappa shape index (κ3) is 4.08. The van der Waals surface area contributed by atoms with Crippen LogP contribution in [0.5, 0.6) is 0 Å². The fourth-order valence-corrected chi connectivity index (χ4v) is 1.21. The van der Waals surface area contributed by atoms with E-state index < -0.39 is 0 Å². The summed E-state index contributed by atoms with van der Waals surface area (Å²) in [6, 6.07) is 9.49. The maximum absolute atomic E-state index is 11.0. The summed E-state index contributed by atoms with van der Waals surface area (Å²) in [5.41, 5.74) is 0.979. The molecule has 0 saturated carbocycles. The Kier molecular flexibility index (Phi) is 4.98. The van der Waals surface area contributed by atoms with Gasteiger partial charge < -0.3 is 5.32 Å². The van der Waals surface area contributed by atoms with Gasteiger partial charge in [0.2, 0.25) is 5.91 Å². The van der Waals surface area contributed by atoms with E-state index in [4.69, 9.17) is 0 Å². The second-order valence-electron chi connectivity index (χ2n) is 3.34. The van der Waals surface area contributed by atoms with Gasteiger partial charge in [0.15, 0.2) is 0 Å². The molecule has 0 spiro atoms. The van der Waals surface area contributed by atoms with Gasteiger partial charge in [-0.1, -0.05) is 37.3 Å². The third-order valence-corrected chi connectivity index (χ3v) is 2.10. The molecule has 5 nitrogen and oxygen atoms in total. The molecule has 1 N–H and O–H groups in total. The van der Waals surface area contributed by atoms with Crippen LogP contribution in [0, 0.1) is 4.91 Å². The SMILES string of the molecule is CCC(=O)NCN(Cc1ccccc1)N=O. The molecule has 16 heavy (non-hydrogen) atoms. The quantitative estimate of drug-likeness (QED) is 0.451. The van der Waals surface area contributed by atoms with E-state index in [0.29, 0.717) is 13.0 Å². The number of benzene rings is 1. The van der Waals surface area contributed by atoms with Gasteiger partial charge in [0, 0.05) is 6.42 Å². The van der Waals surface area contributed by atoms with E-state index in [1.165, 1.54) is 5.01 Å². The maximum Gasteiger partial charge on any atom is 0.221 e. The van der Waals surface area contributed by atoms with Gasteiger partial charge in [-0.05, 0) is 5.56 Å². The molecule has 0 fully saturated rings. The Hall–Kier alpha value is -1.91. The minimum Gasteiger partial charge on any atom is -0.337 e. The lowest BCUT2D eigenvalue weighted by molar-refractivity contribution is -0.121. The fraction of sp³-hybridized carbons (Fsp3) is 0.364. The lowest BCUT2D eigenvalue weighted by Crippen LogP contribution is -2.33. The molecule has 1 aromatic carbocycles. The number of nitroso groups, excluding NO2 is 1. The van der Waals surface area contributed by atoms with Crippen molar-refractivity contribution in [2.45, 2.75) is 19.9 Å². The summed E-state index contributed by atoms with van der Waals surface area (Å²) in [5.74, 6) is -0.0956. The van der Waals surface area contributed by atoms with Gasteiger partial charge in [-0.25, -0.2) is 5.01 Å². The van der Waals surface area contributed by atoms with Crippen molar-refractivity contribution in [3.8, 4) is 0 Å². The van der Waals surface area contributed by atoms with Crippen molar-refractivity contribution in [2.24, 2.45) is 5.29 Å². The molecule has 0 atom stereocenters. The molecule has 0 bridgehead atoms. The Balaban J connectivity index is 2.43. The summed E-state index contributed by atoms with van der Waals surface area (Å²) < 4.78 is 0. The number of carbonyl (C=O) groups is 1. The first-order valence-electron chi connectivity index (χ1n) is 5.15. The first kappa shape index (κ1) is 12.2. The number of carbonyl (C=O) groups excluding carboxylic acids is 1.